The summed E-state index contributed by atoms with van der Waals surface area (Å²) in [6, 6.07) is 5.53. The van der Waals surface area contributed by atoms with Crippen LogP contribution >= 0.6 is 23.1 Å². The van der Waals surface area contributed by atoms with Crippen LogP contribution in [0.5, 0.6) is 11.5 Å². The molecule has 0 saturated heterocycles. The molecule has 7 nitrogen and oxygen atoms in total. The maximum absolute atomic E-state index is 12.3. The summed E-state index contributed by atoms with van der Waals surface area (Å²) in [6.45, 7) is 5.12. The molecule has 1 aromatic heterocycles. The second kappa shape index (κ2) is 9.79. The average molecular weight is 423 g/mol. The third kappa shape index (κ3) is 5.62. The normalized spacial score (nSPS) is 13.6. The topological polar surface area (TPSA) is 86.8 Å². The van der Waals surface area contributed by atoms with E-state index in [1.165, 1.54) is 23.1 Å². The van der Waals surface area contributed by atoms with Gasteiger partial charge in [-0.1, -0.05) is 17.8 Å². The molecule has 2 aromatic rings. The number of rotatable bonds is 8. The van der Waals surface area contributed by atoms with Crippen LogP contribution < -0.4 is 14.8 Å². The molecular formula is C19H22N2O5S2. The van der Waals surface area contributed by atoms with Crippen LogP contribution in [0.2, 0.25) is 0 Å². The largest absolute Gasteiger partial charge is 0.486 e. The SMILES string of the molecule is CCOC(=O)Cc1csc(SCC(=O)N[C@H](C)c2ccc3c(c2)OCCO3)n1. The number of amides is 1. The van der Waals surface area contributed by atoms with E-state index < -0.39 is 0 Å². The van der Waals surface area contributed by atoms with E-state index >= 15 is 0 Å². The number of esters is 1. The summed E-state index contributed by atoms with van der Waals surface area (Å²) < 4.78 is 16.8. The summed E-state index contributed by atoms with van der Waals surface area (Å²) in [5.41, 5.74) is 1.62. The minimum atomic E-state index is -0.296. The highest BCUT2D eigenvalue weighted by Crippen LogP contribution is 2.32. The molecule has 1 N–H and O–H groups in total. The van der Waals surface area contributed by atoms with Gasteiger partial charge in [0, 0.05) is 5.38 Å². The molecule has 2 heterocycles. The van der Waals surface area contributed by atoms with Crippen molar-refractivity contribution < 1.29 is 23.8 Å². The fourth-order valence-electron chi connectivity index (χ4n) is 2.62. The number of benzene rings is 1. The Morgan fingerprint density at radius 2 is 2.11 bits per heavy atom. The van der Waals surface area contributed by atoms with Crippen molar-refractivity contribution in [2.24, 2.45) is 0 Å². The van der Waals surface area contributed by atoms with Crippen LogP contribution in [0.3, 0.4) is 0 Å². The molecular weight excluding hydrogens is 400 g/mol. The molecule has 0 fully saturated rings. The lowest BCUT2D eigenvalue weighted by atomic mass is 10.1. The standard InChI is InChI=1S/C19H22N2O5S2/c1-3-24-18(23)9-14-10-27-19(21-14)28-11-17(22)20-12(2)13-4-5-15-16(8-13)26-7-6-25-15/h4-5,8,10,12H,3,6-7,9,11H2,1-2H3,(H,20,22)/t12-/m1/s1. The van der Waals surface area contributed by atoms with Crippen molar-refractivity contribution in [1.82, 2.24) is 10.3 Å². The zero-order valence-corrected chi connectivity index (χ0v) is 17.4. The van der Waals surface area contributed by atoms with Crippen molar-refractivity contribution in [3.8, 4) is 11.5 Å². The Hall–Kier alpha value is -2.26. The lowest BCUT2D eigenvalue weighted by Crippen LogP contribution is -2.28. The van der Waals surface area contributed by atoms with Crippen molar-refractivity contribution in [1.29, 1.82) is 0 Å². The Morgan fingerprint density at radius 1 is 1.32 bits per heavy atom. The first-order chi connectivity index (χ1) is 13.5. The number of thioether (sulfide) groups is 1. The van der Waals surface area contributed by atoms with Gasteiger partial charge in [-0.25, -0.2) is 4.98 Å². The Bertz CT molecular complexity index is 839. The zero-order chi connectivity index (χ0) is 19.9. The van der Waals surface area contributed by atoms with Crippen molar-refractivity contribution in [2.45, 2.75) is 30.6 Å². The Morgan fingerprint density at radius 3 is 2.89 bits per heavy atom. The highest BCUT2D eigenvalue weighted by atomic mass is 32.2. The van der Waals surface area contributed by atoms with E-state index in [1.807, 2.05) is 30.5 Å². The molecule has 28 heavy (non-hydrogen) atoms. The zero-order valence-electron chi connectivity index (χ0n) is 15.7. The van der Waals surface area contributed by atoms with Crippen molar-refractivity contribution in [2.75, 3.05) is 25.6 Å². The fourth-order valence-corrected chi connectivity index (χ4v) is 4.27. The second-order valence-corrected chi connectivity index (χ2v) is 8.15. The van der Waals surface area contributed by atoms with Gasteiger partial charge in [-0.15, -0.1) is 11.3 Å². The highest BCUT2D eigenvalue weighted by molar-refractivity contribution is 8.01. The Balaban J connectivity index is 1.48. The van der Waals surface area contributed by atoms with E-state index in [2.05, 4.69) is 10.3 Å². The Labute approximate surface area is 171 Å². The van der Waals surface area contributed by atoms with Gasteiger partial charge in [0.25, 0.3) is 0 Å². The van der Waals surface area contributed by atoms with Gasteiger partial charge in [0.2, 0.25) is 5.91 Å². The van der Waals surface area contributed by atoms with Gasteiger partial charge in [0.15, 0.2) is 15.8 Å². The predicted molar refractivity (Wildman–Crippen MR) is 107 cm³/mol. The van der Waals surface area contributed by atoms with Crippen LogP contribution in [0.4, 0.5) is 0 Å². The molecule has 150 valence electrons. The smallest absolute Gasteiger partial charge is 0.311 e. The Kier molecular flexibility index (Phi) is 7.16. The third-order valence-electron chi connectivity index (χ3n) is 3.93. The van der Waals surface area contributed by atoms with E-state index in [4.69, 9.17) is 14.2 Å². The maximum atomic E-state index is 12.3. The van der Waals surface area contributed by atoms with Crippen LogP contribution in [-0.2, 0) is 20.7 Å². The number of carbonyl (C=O) groups is 2. The minimum Gasteiger partial charge on any atom is -0.486 e. The molecule has 1 atom stereocenters. The van der Waals surface area contributed by atoms with Crippen molar-refractivity contribution >= 4 is 35.0 Å². The summed E-state index contributed by atoms with van der Waals surface area (Å²) in [5.74, 6) is 1.30. The quantitative estimate of drug-likeness (QED) is 0.517. The number of fused-ring (bicyclic) bond motifs is 1. The van der Waals surface area contributed by atoms with Gasteiger partial charge < -0.3 is 19.5 Å². The van der Waals surface area contributed by atoms with Crippen LogP contribution in [0.25, 0.3) is 0 Å². The minimum absolute atomic E-state index is 0.0884. The van der Waals surface area contributed by atoms with Gasteiger partial charge in [0.1, 0.15) is 13.2 Å². The number of thiazole rings is 1. The molecule has 0 spiro atoms. The van der Waals surface area contributed by atoms with Crippen LogP contribution in [0, 0.1) is 0 Å². The number of ether oxygens (including phenoxy) is 3. The summed E-state index contributed by atoms with van der Waals surface area (Å²) in [5, 5.41) is 4.79. The molecule has 0 bridgehead atoms. The van der Waals surface area contributed by atoms with E-state index in [1.54, 1.807) is 6.92 Å². The molecule has 1 aliphatic rings. The summed E-state index contributed by atoms with van der Waals surface area (Å²) in [4.78, 5) is 28.1. The lowest BCUT2D eigenvalue weighted by molar-refractivity contribution is -0.142. The molecule has 1 aromatic carbocycles. The fraction of sp³-hybridized carbons (Fsp3) is 0.421. The third-order valence-corrected chi connectivity index (χ3v) is 6.00. The number of carbonyl (C=O) groups excluding carboxylic acids is 2. The van der Waals surface area contributed by atoms with Gasteiger partial charge >= 0.3 is 5.97 Å². The number of nitrogens with one attached hydrogen (secondary N) is 1. The number of hydrogen-bond acceptors (Lipinski definition) is 8. The van der Waals surface area contributed by atoms with Crippen LogP contribution in [-0.4, -0.2) is 42.4 Å². The maximum Gasteiger partial charge on any atom is 0.311 e. The summed E-state index contributed by atoms with van der Waals surface area (Å²) in [7, 11) is 0. The second-order valence-electron chi connectivity index (χ2n) is 6.07. The predicted octanol–water partition coefficient (Wildman–Crippen LogP) is 2.99. The average Bonchev–Trinajstić information content (AvgIpc) is 3.13. The number of nitrogens with zero attached hydrogens (tertiary/aromatic N) is 1. The van der Waals surface area contributed by atoms with E-state index in [-0.39, 0.29) is 30.1 Å². The molecule has 3 rings (SSSR count). The number of aromatic nitrogens is 1. The molecule has 0 unspecified atom stereocenters. The van der Waals surface area contributed by atoms with Gasteiger partial charge in [-0.3, -0.25) is 9.59 Å². The molecule has 9 heteroatoms. The molecule has 1 amide bonds. The highest BCUT2D eigenvalue weighted by Gasteiger charge is 2.16. The van der Waals surface area contributed by atoms with E-state index in [0.717, 1.165) is 15.7 Å². The lowest BCUT2D eigenvalue weighted by Gasteiger charge is -2.21. The van der Waals surface area contributed by atoms with E-state index in [9.17, 15) is 9.59 Å². The molecule has 1 aliphatic heterocycles. The van der Waals surface area contributed by atoms with Crippen molar-refractivity contribution in [3.05, 3.63) is 34.8 Å². The monoisotopic (exact) mass is 422 g/mol. The number of hydrogen-bond donors (Lipinski definition) is 1. The van der Waals surface area contributed by atoms with Gasteiger partial charge in [-0.2, -0.15) is 0 Å². The van der Waals surface area contributed by atoms with Gasteiger partial charge in [-0.05, 0) is 31.5 Å². The first-order valence-electron chi connectivity index (χ1n) is 8.97. The van der Waals surface area contributed by atoms with Crippen molar-refractivity contribution in [3.63, 3.8) is 0 Å². The molecule has 0 aliphatic carbocycles. The van der Waals surface area contributed by atoms with E-state index in [0.29, 0.717) is 31.3 Å². The molecule has 0 saturated carbocycles. The van der Waals surface area contributed by atoms with Gasteiger partial charge in [0.05, 0.1) is 30.5 Å². The summed E-state index contributed by atoms with van der Waals surface area (Å²) >= 11 is 2.76. The first kappa shape index (κ1) is 20.5. The first-order valence-corrected chi connectivity index (χ1v) is 10.8. The molecule has 0 radical (unpaired) electrons. The van der Waals surface area contributed by atoms with Crippen LogP contribution in [0.1, 0.15) is 31.1 Å². The van der Waals surface area contributed by atoms with Crippen LogP contribution in [0.15, 0.2) is 27.9 Å². The summed E-state index contributed by atoms with van der Waals surface area (Å²) in [6.07, 6.45) is 0.151.